The molecule has 1 unspecified atom stereocenters. The monoisotopic (exact) mass is 326 g/mol. The fraction of sp³-hybridized carbons (Fsp3) is 0.500. The minimum Gasteiger partial charge on any atom is -0.348 e. The molecule has 102 valence electrons. The summed E-state index contributed by atoms with van der Waals surface area (Å²) in [6.45, 7) is 3.20. The van der Waals surface area contributed by atoms with Crippen molar-refractivity contribution in [1.29, 1.82) is 0 Å². The van der Waals surface area contributed by atoms with Gasteiger partial charge in [-0.3, -0.25) is 4.79 Å². The zero-order valence-electron chi connectivity index (χ0n) is 10.5. The highest BCUT2D eigenvalue weighted by Gasteiger charge is 2.35. The van der Waals surface area contributed by atoms with Gasteiger partial charge >= 0.3 is 0 Å². The lowest BCUT2D eigenvalue weighted by Crippen LogP contribution is -2.57. The van der Waals surface area contributed by atoms with Gasteiger partial charge < -0.3 is 10.2 Å². The van der Waals surface area contributed by atoms with Crippen LogP contribution in [0.15, 0.2) is 22.7 Å². The predicted octanol–water partition coefficient (Wildman–Crippen LogP) is 2.41. The number of nitrogens with zero attached hydrogens (tertiary/aromatic N) is 1. The lowest BCUT2D eigenvalue weighted by atomic mass is 9.84. The molecule has 4 rings (SSSR count). The highest BCUT2D eigenvalue weighted by atomic mass is 79.9. The van der Waals surface area contributed by atoms with Crippen molar-refractivity contribution in [1.82, 2.24) is 10.2 Å². The Hall–Kier alpha value is -0.940. The number of nitrogens with one attached hydrogen (secondary N) is 1. The Labute approximate surface area is 120 Å². The van der Waals surface area contributed by atoms with Gasteiger partial charge in [-0.1, -0.05) is 0 Å². The van der Waals surface area contributed by atoms with Crippen LogP contribution in [0, 0.1) is 11.7 Å². The Morgan fingerprint density at radius 3 is 2.74 bits per heavy atom. The Bertz CT molecular complexity index is 500. The fourth-order valence-electron chi connectivity index (χ4n) is 3.05. The van der Waals surface area contributed by atoms with Gasteiger partial charge in [-0.25, -0.2) is 4.39 Å². The van der Waals surface area contributed by atoms with E-state index in [1.807, 2.05) is 0 Å². The van der Waals surface area contributed by atoms with Crippen LogP contribution >= 0.6 is 15.9 Å². The summed E-state index contributed by atoms with van der Waals surface area (Å²) in [5, 5.41) is 3.06. The molecule has 1 aromatic rings. The quantitative estimate of drug-likeness (QED) is 0.905. The number of hydrogen-bond donors (Lipinski definition) is 1. The standard InChI is InChI=1S/C14H16BrFN2O/c15-12-2-1-10(16)7-11(12)14(19)17-13-8-18-5-3-9(13)4-6-18/h1-2,7,9,13H,3-6,8H2,(H,17,19). The molecule has 1 aromatic carbocycles. The zero-order chi connectivity index (χ0) is 13.4. The largest absolute Gasteiger partial charge is 0.348 e. The lowest BCUT2D eigenvalue weighted by molar-refractivity contribution is 0.0620. The second-order valence-corrected chi connectivity index (χ2v) is 6.20. The SMILES string of the molecule is O=C(NC1CN2CCC1CC2)c1cc(F)ccc1Br. The molecule has 0 aromatic heterocycles. The minimum atomic E-state index is -0.387. The minimum absolute atomic E-state index is 0.190. The third kappa shape index (κ3) is 2.67. The molecule has 3 saturated heterocycles. The molecule has 3 fully saturated rings. The highest BCUT2D eigenvalue weighted by Crippen LogP contribution is 2.28. The van der Waals surface area contributed by atoms with Crippen LogP contribution in [-0.2, 0) is 0 Å². The van der Waals surface area contributed by atoms with Crippen LogP contribution in [0.1, 0.15) is 23.2 Å². The molecule has 1 amide bonds. The van der Waals surface area contributed by atoms with E-state index in [0.29, 0.717) is 16.0 Å². The van der Waals surface area contributed by atoms with Gasteiger partial charge in [-0.2, -0.15) is 0 Å². The third-order valence-electron chi connectivity index (χ3n) is 4.15. The van der Waals surface area contributed by atoms with Gasteiger partial charge in [-0.15, -0.1) is 0 Å². The van der Waals surface area contributed by atoms with Crippen molar-refractivity contribution in [2.24, 2.45) is 5.92 Å². The smallest absolute Gasteiger partial charge is 0.252 e. The van der Waals surface area contributed by atoms with E-state index < -0.39 is 0 Å². The van der Waals surface area contributed by atoms with Crippen LogP contribution in [-0.4, -0.2) is 36.5 Å². The van der Waals surface area contributed by atoms with Crippen molar-refractivity contribution in [2.45, 2.75) is 18.9 Å². The number of halogens is 2. The number of carbonyl (C=O) groups excluding carboxylic acids is 1. The molecule has 3 heterocycles. The third-order valence-corrected chi connectivity index (χ3v) is 4.84. The Morgan fingerprint density at radius 2 is 2.11 bits per heavy atom. The number of amides is 1. The number of carbonyl (C=O) groups is 1. The van der Waals surface area contributed by atoms with Crippen molar-refractivity contribution in [3.63, 3.8) is 0 Å². The Morgan fingerprint density at radius 1 is 1.37 bits per heavy atom. The first-order valence-electron chi connectivity index (χ1n) is 6.62. The van der Waals surface area contributed by atoms with Gasteiger partial charge in [0.25, 0.3) is 5.91 Å². The molecule has 0 saturated carbocycles. The number of hydrogen-bond acceptors (Lipinski definition) is 2. The summed E-state index contributed by atoms with van der Waals surface area (Å²) in [4.78, 5) is 14.6. The van der Waals surface area contributed by atoms with Crippen LogP contribution in [0.4, 0.5) is 4.39 Å². The van der Waals surface area contributed by atoms with Gasteiger partial charge in [-0.05, 0) is 66.0 Å². The molecule has 0 spiro atoms. The van der Waals surface area contributed by atoms with Crippen LogP contribution in [0.5, 0.6) is 0 Å². The van der Waals surface area contributed by atoms with Gasteiger partial charge in [0.05, 0.1) is 5.56 Å². The first-order chi connectivity index (χ1) is 9.13. The topological polar surface area (TPSA) is 32.3 Å². The molecular weight excluding hydrogens is 311 g/mol. The van der Waals surface area contributed by atoms with Gasteiger partial charge in [0, 0.05) is 17.1 Å². The molecule has 1 N–H and O–H groups in total. The first kappa shape index (κ1) is 13.1. The molecule has 1 atom stereocenters. The van der Waals surface area contributed by atoms with Gasteiger partial charge in [0.15, 0.2) is 0 Å². The summed E-state index contributed by atoms with van der Waals surface area (Å²) in [5.74, 6) is -0.00586. The Kier molecular flexibility index (Phi) is 3.58. The van der Waals surface area contributed by atoms with E-state index in [2.05, 4.69) is 26.1 Å². The van der Waals surface area contributed by atoms with E-state index in [1.54, 1.807) is 6.07 Å². The number of fused-ring (bicyclic) bond motifs is 3. The summed E-state index contributed by atoms with van der Waals surface area (Å²) >= 11 is 3.30. The van der Waals surface area contributed by atoms with Crippen LogP contribution < -0.4 is 5.32 Å². The van der Waals surface area contributed by atoms with Crippen molar-refractivity contribution >= 4 is 21.8 Å². The molecular formula is C14H16BrFN2O. The average Bonchev–Trinajstić information content (AvgIpc) is 2.43. The van der Waals surface area contributed by atoms with Crippen molar-refractivity contribution in [2.75, 3.05) is 19.6 Å². The number of piperidine rings is 3. The zero-order valence-corrected chi connectivity index (χ0v) is 12.1. The molecule has 2 bridgehead atoms. The van der Waals surface area contributed by atoms with Crippen molar-refractivity contribution in [3.8, 4) is 0 Å². The van der Waals surface area contributed by atoms with Crippen LogP contribution in [0.2, 0.25) is 0 Å². The second kappa shape index (κ2) is 5.21. The second-order valence-electron chi connectivity index (χ2n) is 5.34. The molecule has 3 aliphatic rings. The van der Waals surface area contributed by atoms with Crippen molar-refractivity contribution < 1.29 is 9.18 Å². The van der Waals surface area contributed by atoms with Crippen LogP contribution in [0.25, 0.3) is 0 Å². The summed E-state index contributed by atoms with van der Waals surface area (Å²) in [5.41, 5.74) is 0.372. The summed E-state index contributed by atoms with van der Waals surface area (Å²) in [7, 11) is 0. The number of benzene rings is 1. The Balaban J connectivity index is 1.73. The first-order valence-corrected chi connectivity index (χ1v) is 7.41. The highest BCUT2D eigenvalue weighted by molar-refractivity contribution is 9.10. The molecule has 3 nitrogen and oxygen atoms in total. The maximum atomic E-state index is 13.2. The van der Waals surface area contributed by atoms with E-state index in [9.17, 15) is 9.18 Å². The van der Waals surface area contributed by atoms with Crippen LogP contribution in [0.3, 0.4) is 0 Å². The van der Waals surface area contributed by atoms with E-state index in [1.165, 1.54) is 12.1 Å². The maximum absolute atomic E-state index is 13.2. The molecule has 3 aliphatic heterocycles. The lowest BCUT2D eigenvalue weighted by Gasteiger charge is -2.44. The summed E-state index contributed by atoms with van der Waals surface area (Å²) < 4.78 is 13.9. The fourth-order valence-corrected chi connectivity index (χ4v) is 3.47. The summed E-state index contributed by atoms with van der Waals surface area (Å²) in [6, 6.07) is 4.39. The molecule has 0 radical (unpaired) electrons. The molecule has 5 heteroatoms. The molecule has 0 aliphatic carbocycles. The van der Waals surface area contributed by atoms with E-state index in [-0.39, 0.29) is 17.8 Å². The average molecular weight is 327 g/mol. The molecule has 19 heavy (non-hydrogen) atoms. The van der Waals surface area contributed by atoms with E-state index in [0.717, 1.165) is 32.5 Å². The summed E-state index contributed by atoms with van der Waals surface area (Å²) in [6.07, 6.45) is 2.30. The van der Waals surface area contributed by atoms with Gasteiger partial charge in [0.2, 0.25) is 0 Å². The number of rotatable bonds is 2. The van der Waals surface area contributed by atoms with Gasteiger partial charge in [0.1, 0.15) is 5.82 Å². The normalized spacial score (nSPS) is 29.3. The van der Waals surface area contributed by atoms with E-state index in [4.69, 9.17) is 0 Å². The van der Waals surface area contributed by atoms with E-state index >= 15 is 0 Å². The maximum Gasteiger partial charge on any atom is 0.252 e. The van der Waals surface area contributed by atoms with Crippen molar-refractivity contribution in [3.05, 3.63) is 34.1 Å². The predicted molar refractivity (Wildman–Crippen MR) is 74.5 cm³/mol.